The molecule has 1 aliphatic rings. The molecule has 2 aromatic carbocycles. The van der Waals surface area contributed by atoms with Crippen LogP contribution in [0.1, 0.15) is 36.8 Å². The van der Waals surface area contributed by atoms with Crippen LogP contribution in [0.25, 0.3) is 0 Å². The second kappa shape index (κ2) is 11.0. The number of carbonyl (C=O) groups is 2. The zero-order chi connectivity index (χ0) is 19.5. The maximum Gasteiger partial charge on any atom is 0.414 e. The first-order valence-electron chi connectivity index (χ1n) is 9.00. The van der Waals surface area contributed by atoms with Crippen LogP contribution in [0, 0.1) is 0 Å². The van der Waals surface area contributed by atoms with Crippen LogP contribution >= 0.6 is 0 Å². The Hall–Kier alpha value is -2.86. The Bertz CT molecular complexity index is 714. The van der Waals surface area contributed by atoms with Crippen LogP contribution in [-0.4, -0.2) is 28.2 Å². The number of nitrogens with one attached hydrogen (secondary N) is 1. The molecule has 0 aliphatic heterocycles. The lowest BCUT2D eigenvalue weighted by atomic mass is 10.2. The van der Waals surface area contributed by atoms with Gasteiger partial charge in [0.15, 0.2) is 0 Å². The van der Waals surface area contributed by atoms with E-state index in [4.69, 9.17) is 24.5 Å². The van der Waals surface area contributed by atoms with Gasteiger partial charge in [-0.05, 0) is 36.1 Å². The maximum absolute atomic E-state index is 9.10. The van der Waals surface area contributed by atoms with Crippen LogP contribution in [0.15, 0.2) is 54.6 Å². The minimum atomic E-state index is -1.82. The number of rotatable bonds is 6. The van der Waals surface area contributed by atoms with Gasteiger partial charge in [0, 0.05) is 12.6 Å². The first-order valence-corrected chi connectivity index (χ1v) is 9.00. The zero-order valence-corrected chi connectivity index (χ0v) is 15.1. The molecule has 6 nitrogen and oxygen atoms in total. The van der Waals surface area contributed by atoms with Crippen molar-refractivity contribution in [3.05, 3.63) is 65.7 Å². The van der Waals surface area contributed by atoms with Gasteiger partial charge in [0.1, 0.15) is 12.4 Å². The Labute approximate surface area is 158 Å². The first kappa shape index (κ1) is 20.5. The molecular formula is C21H25NO5. The van der Waals surface area contributed by atoms with Gasteiger partial charge >= 0.3 is 11.9 Å². The molecule has 0 unspecified atom stereocenters. The van der Waals surface area contributed by atoms with Crippen molar-refractivity contribution in [3.8, 4) is 5.75 Å². The van der Waals surface area contributed by atoms with Crippen molar-refractivity contribution in [2.24, 2.45) is 0 Å². The van der Waals surface area contributed by atoms with E-state index in [2.05, 4.69) is 35.6 Å². The van der Waals surface area contributed by atoms with Gasteiger partial charge in [0.2, 0.25) is 0 Å². The van der Waals surface area contributed by atoms with Crippen molar-refractivity contribution < 1.29 is 24.5 Å². The summed E-state index contributed by atoms with van der Waals surface area (Å²) in [6.45, 7) is 1.56. The molecular weight excluding hydrogens is 346 g/mol. The lowest BCUT2D eigenvalue weighted by molar-refractivity contribution is -0.159. The molecule has 0 amide bonds. The molecule has 0 atom stereocenters. The maximum atomic E-state index is 9.10. The van der Waals surface area contributed by atoms with Crippen LogP contribution in [0.2, 0.25) is 0 Å². The van der Waals surface area contributed by atoms with Crippen molar-refractivity contribution in [1.82, 2.24) is 5.32 Å². The standard InChI is InChI=1S/C19H23NO.C2H2O4/c1-2-7-16(8-3-1)15-21-19-12-6-9-17(13-19)14-20-18-10-4-5-11-18;3-1(4)2(5)6/h1-3,6-9,12-13,18,20H,4-5,10-11,14-15H2;(H,3,4)(H,5,6). The highest BCUT2D eigenvalue weighted by Crippen LogP contribution is 2.19. The number of hydrogen-bond acceptors (Lipinski definition) is 4. The van der Waals surface area contributed by atoms with Crippen molar-refractivity contribution >= 4 is 11.9 Å². The van der Waals surface area contributed by atoms with Gasteiger partial charge in [0.05, 0.1) is 0 Å². The Morgan fingerprint density at radius 1 is 0.926 bits per heavy atom. The summed E-state index contributed by atoms with van der Waals surface area (Å²) in [5, 5.41) is 18.4. The number of hydrogen-bond donors (Lipinski definition) is 3. The van der Waals surface area contributed by atoms with Gasteiger partial charge in [-0.3, -0.25) is 0 Å². The highest BCUT2D eigenvalue weighted by Gasteiger charge is 2.13. The summed E-state index contributed by atoms with van der Waals surface area (Å²) in [6.07, 6.45) is 5.39. The third-order valence-corrected chi connectivity index (χ3v) is 4.28. The van der Waals surface area contributed by atoms with Gasteiger partial charge in [-0.2, -0.15) is 0 Å². The van der Waals surface area contributed by atoms with E-state index in [9.17, 15) is 0 Å². The first-order chi connectivity index (χ1) is 13.0. The second-order valence-corrected chi connectivity index (χ2v) is 6.39. The molecule has 6 heteroatoms. The number of aliphatic carboxylic acids is 2. The Balaban J connectivity index is 0.000000380. The number of ether oxygens (including phenoxy) is 1. The summed E-state index contributed by atoms with van der Waals surface area (Å²) in [6, 6.07) is 19.4. The molecule has 0 saturated heterocycles. The summed E-state index contributed by atoms with van der Waals surface area (Å²) >= 11 is 0. The van der Waals surface area contributed by atoms with E-state index < -0.39 is 11.9 Å². The lowest BCUT2D eigenvalue weighted by Gasteiger charge is -2.13. The van der Waals surface area contributed by atoms with E-state index in [0.717, 1.165) is 12.3 Å². The summed E-state index contributed by atoms with van der Waals surface area (Å²) in [4.78, 5) is 18.2. The summed E-state index contributed by atoms with van der Waals surface area (Å²) < 4.78 is 5.88. The highest BCUT2D eigenvalue weighted by atomic mass is 16.5. The molecule has 3 rings (SSSR count). The van der Waals surface area contributed by atoms with Gasteiger partial charge in [-0.15, -0.1) is 0 Å². The van der Waals surface area contributed by atoms with Gasteiger partial charge in [0.25, 0.3) is 0 Å². The molecule has 1 aliphatic carbocycles. The highest BCUT2D eigenvalue weighted by molar-refractivity contribution is 6.27. The van der Waals surface area contributed by atoms with Crippen LogP contribution in [0.4, 0.5) is 0 Å². The molecule has 0 heterocycles. The number of benzene rings is 2. The van der Waals surface area contributed by atoms with Crippen LogP contribution in [0.3, 0.4) is 0 Å². The second-order valence-electron chi connectivity index (χ2n) is 6.39. The van der Waals surface area contributed by atoms with Crippen molar-refractivity contribution in [1.29, 1.82) is 0 Å². The summed E-state index contributed by atoms with van der Waals surface area (Å²) in [5.41, 5.74) is 2.50. The smallest absolute Gasteiger partial charge is 0.414 e. The normalized spacial score (nSPS) is 13.5. The fourth-order valence-corrected chi connectivity index (χ4v) is 2.88. The molecule has 3 N–H and O–H groups in total. The average molecular weight is 371 g/mol. The third kappa shape index (κ3) is 7.92. The largest absolute Gasteiger partial charge is 0.489 e. The lowest BCUT2D eigenvalue weighted by Crippen LogP contribution is -2.25. The molecule has 2 aromatic rings. The molecule has 0 spiro atoms. The number of carboxylic acid groups (broad SMARTS) is 2. The van der Waals surface area contributed by atoms with Gasteiger partial charge < -0.3 is 20.3 Å². The van der Waals surface area contributed by atoms with Gasteiger partial charge in [-0.1, -0.05) is 55.3 Å². The average Bonchev–Trinajstić information content (AvgIpc) is 3.20. The quantitative estimate of drug-likeness (QED) is 0.673. The minimum absolute atomic E-state index is 0.625. The monoisotopic (exact) mass is 371 g/mol. The Kier molecular flexibility index (Phi) is 8.32. The van der Waals surface area contributed by atoms with E-state index in [0.29, 0.717) is 12.6 Å². The topological polar surface area (TPSA) is 95.9 Å². The van der Waals surface area contributed by atoms with E-state index in [1.54, 1.807) is 0 Å². The Morgan fingerprint density at radius 2 is 1.56 bits per heavy atom. The molecule has 144 valence electrons. The summed E-state index contributed by atoms with van der Waals surface area (Å²) in [5.74, 6) is -2.70. The van der Waals surface area contributed by atoms with E-state index in [1.807, 2.05) is 24.3 Å². The van der Waals surface area contributed by atoms with E-state index in [1.165, 1.54) is 36.8 Å². The van der Waals surface area contributed by atoms with Crippen LogP contribution in [-0.2, 0) is 22.7 Å². The van der Waals surface area contributed by atoms with Gasteiger partial charge in [-0.25, -0.2) is 9.59 Å². The van der Waals surface area contributed by atoms with E-state index in [-0.39, 0.29) is 0 Å². The van der Waals surface area contributed by atoms with Crippen LogP contribution < -0.4 is 10.1 Å². The molecule has 27 heavy (non-hydrogen) atoms. The van der Waals surface area contributed by atoms with Crippen molar-refractivity contribution in [2.45, 2.75) is 44.9 Å². The number of carboxylic acids is 2. The summed E-state index contributed by atoms with van der Waals surface area (Å²) in [7, 11) is 0. The van der Waals surface area contributed by atoms with Crippen LogP contribution in [0.5, 0.6) is 5.75 Å². The Morgan fingerprint density at radius 3 is 2.19 bits per heavy atom. The predicted molar refractivity (Wildman–Crippen MR) is 102 cm³/mol. The molecule has 0 bridgehead atoms. The zero-order valence-electron chi connectivity index (χ0n) is 15.1. The van der Waals surface area contributed by atoms with Crippen molar-refractivity contribution in [2.75, 3.05) is 0 Å². The SMILES string of the molecule is O=C(O)C(=O)O.c1ccc(COc2cccc(CNC3CCCC3)c2)cc1. The molecule has 0 radical (unpaired) electrons. The fraction of sp³-hybridized carbons (Fsp3) is 0.333. The van der Waals surface area contributed by atoms with Crippen molar-refractivity contribution in [3.63, 3.8) is 0 Å². The minimum Gasteiger partial charge on any atom is -0.489 e. The molecule has 0 aromatic heterocycles. The third-order valence-electron chi connectivity index (χ3n) is 4.28. The molecule has 1 fully saturated rings. The molecule has 1 saturated carbocycles. The fourth-order valence-electron chi connectivity index (χ4n) is 2.88. The van der Waals surface area contributed by atoms with E-state index >= 15 is 0 Å². The predicted octanol–water partition coefficient (Wildman–Crippen LogP) is 3.45.